The highest BCUT2D eigenvalue weighted by atomic mass is 16.5. The first-order chi connectivity index (χ1) is 9.19. The monoisotopic (exact) mass is 263 g/mol. The van der Waals surface area contributed by atoms with Crippen LogP contribution in [0.15, 0.2) is 24.3 Å². The van der Waals surface area contributed by atoms with E-state index in [4.69, 9.17) is 4.74 Å². The highest BCUT2D eigenvalue weighted by molar-refractivity contribution is 5.24. The molecule has 0 aliphatic carbocycles. The molecule has 0 amide bonds. The van der Waals surface area contributed by atoms with Gasteiger partial charge in [0, 0.05) is 19.7 Å². The highest BCUT2D eigenvalue weighted by Gasteiger charge is 2.19. The van der Waals surface area contributed by atoms with E-state index in [9.17, 15) is 5.11 Å². The van der Waals surface area contributed by atoms with Gasteiger partial charge in [-0.15, -0.1) is 0 Å². The van der Waals surface area contributed by atoms with Crippen LogP contribution in [-0.4, -0.2) is 42.9 Å². The Labute approximate surface area is 116 Å². The van der Waals surface area contributed by atoms with Crippen molar-refractivity contribution in [1.29, 1.82) is 0 Å². The molecule has 2 rings (SSSR count). The molecule has 0 radical (unpaired) electrons. The molecule has 1 N–H and O–H groups in total. The first-order valence-corrected chi connectivity index (χ1v) is 7.26. The van der Waals surface area contributed by atoms with Crippen molar-refractivity contribution in [1.82, 2.24) is 4.90 Å². The van der Waals surface area contributed by atoms with Gasteiger partial charge in [-0.1, -0.05) is 31.2 Å². The number of hydrogen-bond acceptors (Lipinski definition) is 3. The normalized spacial score (nSPS) is 20.9. The Balaban J connectivity index is 1.82. The number of rotatable bonds is 6. The van der Waals surface area contributed by atoms with Gasteiger partial charge >= 0.3 is 0 Å². The molecule has 0 bridgehead atoms. The summed E-state index contributed by atoms with van der Waals surface area (Å²) in [5.74, 6) is 0. The molecule has 2 unspecified atom stereocenters. The molecule has 1 aliphatic rings. The van der Waals surface area contributed by atoms with Crippen LogP contribution < -0.4 is 0 Å². The van der Waals surface area contributed by atoms with Crippen molar-refractivity contribution in [3.8, 4) is 0 Å². The molecule has 1 heterocycles. The van der Waals surface area contributed by atoms with Crippen LogP contribution in [0.5, 0.6) is 0 Å². The molecule has 0 saturated carbocycles. The number of nitrogens with zero attached hydrogens (tertiary/aromatic N) is 1. The fraction of sp³-hybridized carbons (Fsp3) is 0.625. The lowest BCUT2D eigenvalue weighted by Gasteiger charge is -2.23. The average Bonchev–Trinajstić information content (AvgIpc) is 2.91. The van der Waals surface area contributed by atoms with Crippen LogP contribution in [0.4, 0.5) is 0 Å². The molecule has 1 aliphatic heterocycles. The lowest BCUT2D eigenvalue weighted by Crippen LogP contribution is -2.32. The third kappa shape index (κ3) is 4.30. The lowest BCUT2D eigenvalue weighted by atomic mass is 10.1. The first-order valence-electron chi connectivity index (χ1n) is 7.26. The van der Waals surface area contributed by atoms with Crippen LogP contribution in [0.3, 0.4) is 0 Å². The standard InChI is InChI=1S/C16H25NO2/c1-3-13-6-8-14(9-7-13)16(18)12-17(2)11-15-5-4-10-19-15/h6-9,15-16,18H,3-5,10-12H2,1-2H3. The SMILES string of the molecule is CCc1ccc(C(O)CN(C)CC2CCCO2)cc1. The van der Waals surface area contributed by atoms with E-state index >= 15 is 0 Å². The van der Waals surface area contributed by atoms with E-state index in [0.29, 0.717) is 12.6 Å². The van der Waals surface area contributed by atoms with Gasteiger partial charge in [0.15, 0.2) is 0 Å². The quantitative estimate of drug-likeness (QED) is 0.855. The summed E-state index contributed by atoms with van der Waals surface area (Å²) < 4.78 is 5.62. The van der Waals surface area contributed by atoms with Crippen LogP contribution in [0.25, 0.3) is 0 Å². The molecular formula is C16H25NO2. The Kier molecular flexibility index (Phi) is 5.37. The topological polar surface area (TPSA) is 32.7 Å². The van der Waals surface area contributed by atoms with Gasteiger partial charge in [0.25, 0.3) is 0 Å². The summed E-state index contributed by atoms with van der Waals surface area (Å²) in [5.41, 5.74) is 2.31. The predicted octanol–water partition coefficient (Wildman–Crippen LogP) is 2.39. The number of likely N-dealkylation sites (N-methyl/N-ethyl adjacent to an activating group) is 1. The van der Waals surface area contributed by atoms with E-state index in [-0.39, 0.29) is 0 Å². The summed E-state index contributed by atoms with van der Waals surface area (Å²) in [4.78, 5) is 2.16. The molecule has 1 aromatic carbocycles. The summed E-state index contributed by atoms with van der Waals surface area (Å²) >= 11 is 0. The van der Waals surface area contributed by atoms with E-state index in [1.807, 2.05) is 19.2 Å². The molecule has 19 heavy (non-hydrogen) atoms. The van der Waals surface area contributed by atoms with Gasteiger partial charge in [0.2, 0.25) is 0 Å². The Morgan fingerprint density at radius 1 is 1.37 bits per heavy atom. The van der Waals surface area contributed by atoms with Gasteiger partial charge in [-0.25, -0.2) is 0 Å². The van der Waals surface area contributed by atoms with Crippen molar-refractivity contribution in [3.63, 3.8) is 0 Å². The fourth-order valence-electron chi connectivity index (χ4n) is 2.59. The number of aliphatic hydroxyl groups is 1. The number of ether oxygens (including phenoxy) is 1. The summed E-state index contributed by atoms with van der Waals surface area (Å²) in [6.45, 7) is 4.59. The molecular weight excluding hydrogens is 238 g/mol. The van der Waals surface area contributed by atoms with Crippen molar-refractivity contribution in [2.45, 2.75) is 38.4 Å². The second kappa shape index (κ2) is 7.04. The summed E-state index contributed by atoms with van der Waals surface area (Å²) in [6, 6.07) is 8.25. The zero-order chi connectivity index (χ0) is 13.7. The molecule has 1 aromatic rings. The average molecular weight is 263 g/mol. The molecule has 106 valence electrons. The smallest absolute Gasteiger partial charge is 0.0916 e. The third-order valence-electron chi connectivity index (χ3n) is 3.80. The first kappa shape index (κ1) is 14.5. The van der Waals surface area contributed by atoms with Gasteiger partial charge in [0.1, 0.15) is 0 Å². The molecule has 1 fully saturated rings. The van der Waals surface area contributed by atoms with Gasteiger partial charge in [-0.3, -0.25) is 0 Å². The van der Waals surface area contributed by atoms with Crippen molar-refractivity contribution in [2.24, 2.45) is 0 Å². The summed E-state index contributed by atoms with van der Waals surface area (Å²) in [5, 5.41) is 10.2. The highest BCUT2D eigenvalue weighted by Crippen LogP contribution is 2.17. The molecule has 1 saturated heterocycles. The summed E-state index contributed by atoms with van der Waals surface area (Å²) in [6.07, 6.45) is 3.28. The largest absolute Gasteiger partial charge is 0.387 e. The van der Waals surface area contributed by atoms with Gasteiger partial charge < -0.3 is 14.7 Å². The number of aliphatic hydroxyl groups excluding tert-OH is 1. The molecule has 0 aromatic heterocycles. The number of benzene rings is 1. The van der Waals surface area contributed by atoms with E-state index in [1.54, 1.807) is 0 Å². The van der Waals surface area contributed by atoms with Crippen LogP contribution >= 0.6 is 0 Å². The van der Waals surface area contributed by atoms with Gasteiger partial charge in [-0.05, 0) is 37.4 Å². The third-order valence-corrected chi connectivity index (χ3v) is 3.80. The number of aryl methyl sites for hydroxylation is 1. The number of hydrogen-bond donors (Lipinski definition) is 1. The maximum absolute atomic E-state index is 10.2. The maximum atomic E-state index is 10.2. The minimum atomic E-state index is -0.419. The molecule has 2 atom stereocenters. The van der Waals surface area contributed by atoms with Crippen LogP contribution in [0, 0.1) is 0 Å². The van der Waals surface area contributed by atoms with Crippen LogP contribution in [-0.2, 0) is 11.2 Å². The van der Waals surface area contributed by atoms with Gasteiger partial charge in [0.05, 0.1) is 12.2 Å². The predicted molar refractivity (Wildman–Crippen MR) is 77.3 cm³/mol. The second-order valence-electron chi connectivity index (χ2n) is 5.47. The minimum absolute atomic E-state index is 0.347. The fourth-order valence-corrected chi connectivity index (χ4v) is 2.59. The molecule has 3 nitrogen and oxygen atoms in total. The summed E-state index contributed by atoms with van der Waals surface area (Å²) in [7, 11) is 2.05. The van der Waals surface area contributed by atoms with Gasteiger partial charge in [-0.2, -0.15) is 0 Å². The van der Waals surface area contributed by atoms with E-state index < -0.39 is 6.10 Å². The Hall–Kier alpha value is -0.900. The molecule has 0 spiro atoms. The lowest BCUT2D eigenvalue weighted by molar-refractivity contribution is 0.0602. The van der Waals surface area contributed by atoms with E-state index in [1.165, 1.54) is 12.0 Å². The second-order valence-corrected chi connectivity index (χ2v) is 5.47. The Morgan fingerprint density at radius 3 is 2.68 bits per heavy atom. The zero-order valence-electron chi connectivity index (χ0n) is 12.0. The van der Waals surface area contributed by atoms with E-state index in [2.05, 4.69) is 24.0 Å². The Bertz CT molecular complexity index is 371. The van der Waals surface area contributed by atoms with Crippen molar-refractivity contribution in [3.05, 3.63) is 35.4 Å². The van der Waals surface area contributed by atoms with Crippen molar-refractivity contribution >= 4 is 0 Å². The van der Waals surface area contributed by atoms with Crippen LogP contribution in [0.1, 0.15) is 37.0 Å². The zero-order valence-corrected chi connectivity index (χ0v) is 12.0. The van der Waals surface area contributed by atoms with Crippen LogP contribution in [0.2, 0.25) is 0 Å². The maximum Gasteiger partial charge on any atom is 0.0916 e. The Morgan fingerprint density at radius 2 is 2.11 bits per heavy atom. The molecule has 3 heteroatoms. The van der Waals surface area contributed by atoms with E-state index in [0.717, 1.165) is 31.6 Å². The van der Waals surface area contributed by atoms with Crippen molar-refractivity contribution in [2.75, 3.05) is 26.7 Å². The van der Waals surface area contributed by atoms with Crippen molar-refractivity contribution < 1.29 is 9.84 Å². The minimum Gasteiger partial charge on any atom is -0.387 e.